The van der Waals surface area contributed by atoms with Gasteiger partial charge in [0.05, 0.1) is 17.0 Å². The van der Waals surface area contributed by atoms with Gasteiger partial charge in [-0.15, -0.1) is 0 Å². The number of aryl methyl sites for hydroxylation is 1. The highest BCUT2D eigenvalue weighted by molar-refractivity contribution is 7.93. The Kier molecular flexibility index (Phi) is 4.28. The molecule has 1 N–H and O–H groups in total. The molecule has 5 nitrogen and oxygen atoms in total. The molecule has 3 aromatic rings. The Morgan fingerprint density at radius 2 is 1.96 bits per heavy atom. The van der Waals surface area contributed by atoms with Crippen molar-refractivity contribution in [2.24, 2.45) is 0 Å². The Morgan fingerprint density at radius 3 is 2.77 bits per heavy atom. The number of nitrogens with one attached hydrogen (secondary N) is 1. The number of benzene rings is 2. The molecule has 0 atom stereocenters. The molecule has 4 rings (SSSR count). The summed E-state index contributed by atoms with van der Waals surface area (Å²) < 4.78 is 25.8. The second-order valence-corrected chi connectivity index (χ2v) is 8.62. The molecule has 0 aliphatic carbocycles. The van der Waals surface area contributed by atoms with Crippen LogP contribution >= 0.6 is 0 Å². The Balaban J connectivity index is 1.55. The molecule has 0 bridgehead atoms. The first-order valence-electron chi connectivity index (χ1n) is 8.72. The lowest BCUT2D eigenvalue weighted by Gasteiger charge is -2.18. The van der Waals surface area contributed by atoms with Crippen molar-refractivity contribution in [1.82, 2.24) is 4.98 Å². The molecule has 26 heavy (non-hydrogen) atoms. The predicted molar refractivity (Wildman–Crippen MR) is 106 cm³/mol. The average Bonchev–Trinajstić information content (AvgIpc) is 2.99. The van der Waals surface area contributed by atoms with Crippen LogP contribution in [0.4, 0.5) is 11.5 Å². The normalized spacial score (nSPS) is 16.1. The van der Waals surface area contributed by atoms with Gasteiger partial charge in [-0.2, -0.15) is 0 Å². The van der Waals surface area contributed by atoms with Crippen LogP contribution < -0.4 is 9.62 Å². The SMILES string of the molecule is Cc1cc2ccccc2nc1NCc1cccc(N2CCCS2(=O)=O)c1. The van der Waals surface area contributed by atoms with Crippen molar-refractivity contribution in [2.75, 3.05) is 21.9 Å². The van der Waals surface area contributed by atoms with E-state index in [1.54, 1.807) is 0 Å². The smallest absolute Gasteiger partial charge is 0.235 e. The van der Waals surface area contributed by atoms with Crippen LogP contribution in [-0.4, -0.2) is 25.7 Å². The summed E-state index contributed by atoms with van der Waals surface area (Å²) in [5.41, 5.74) is 3.81. The largest absolute Gasteiger partial charge is 0.366 e. The van der Waals surface area contributed by atoms with Crippen molar-refractivity contribution in [3.8, 4) is 0 Å². The maximum atomic E-state index is 12.1. The summed E-state index contributed by atoms with van der Waals surface area (Å²) in [7, 11) is -3.15. The van der Waals surface area contributed by atoms with Crippen molar-refractivity contribution < 1.29 is 8.42 Å². The van der Waals surface area contributed by atoms with E-state index in [-0.39, 0.29) is 5.75 Å². The zero-order valence-corrected chi connectivity index (χ0v) is 15.5. The predicted octanol–water partition coefficient (Wildman–Crippen LogP) is 3.70. The summed E-state index contributed by atoms with van der Waals surface area (Å²) in [6.07, 6.45) is 0.686. The molecule has 1 aliphatic heterocycles. The van der Waals surface area contributed by atoms with Gasteiger partial charge >= 0.3 is 0 Å². The quantitative estimate of drug-likeness (QED) is 0.764. The molecule has 0 radical (unpaired) electrons. The number of sulfonamides is 1. The average molecular weight is 367 g/mol. The van der Waals surface area contributed by atoms with Crippen molar-refractivity contribution >= 4 is 32.4 Å². The van der Waals surface area contributed by atoms with Gasteiger partial charge in [-0.25, -0.2) is 13.4 Å². The molecule has 2 heterocycles. The Bertz CT molecular complexity index is 1060. The van der Waals surface area contributed by atoms with Crippen molar-refractivity contribution in [3.63, 3.8) is 0 Å². The van der Waals surface area contributed by atoms with Crippen LogP contribution in [0.3, 0.4) is 0 Å². The number of nitrogens with zero attached hydrogens (tertiary/aromatic N) is 2. The standard InChI is InChI=1S/C20H21N3O2S/c1-15-12-17-7-2-3-9-19(17)22-20(15)21-14-16-6-4-8-18(13-16)23-10-5-11-26(23,24)25/h2-4,6-9,12-13H,5,10-11,14H2,1H3,(H,21,22). The van der Waals surface area contributed by atoms with E-state index in [0.717, 1.165) is 33.5 Å². The molecule has 0 saturated carbocycles. The van der Waals surface area contributed by atoms with Gasteiger partial charge in [0.15, 0.2) is 0 Å². The zero-order valence-electron chi connectivity index (χ0n) is 14.6. The van der Waals surface area contributed by atoms with Gasteiger partial charge in [-0.3, -0.25) is 4.31 Å². The lowest BCUT2D eigenvalue weighted by molar-refractivity contribution is 0.599. The van der Waals surface area contributed by atoms with Crippen LogP contribution in [0.2, 0.25) is 0 Å². The highest BCUT2D eigenvalue weighted by Crippen LogP contribution is 2.25. The lowest BCUT2D eigenvalue weighted by atomic mass is 10.1. The lowest BCUT2D eigenvalue weighted by Crippen LogP contribution is -2.25. The minimum absolute atomic E-state index is 0.232. The first-order chi connectivity index (χ1) is 12.5. The molecule has 0 spiro atoms. The number of hydrogen-bond donors (Lipinski definition) is 1. The Labute approximate surface area is 153 Å². The third kappa shape index (κ3) is 3.24. The first-order valence-corrected chi connectivity index (χ1v) is 10.3. The van der Waals surface area contributed by atoms with Gasteiger partial charge in [0, 0.05) is 18.5 Å². The number of para-hydroxylation sites is 1. The summed E-state index contributed by atoms with van der Waals surface area (Å²) in [5.74, 6) is 1.08. The van der Waals surface area contributed by atoms with Gasteiger partial charge in [0.2, 0.25) is 10.0 Å². The summed E-state index contributed by atoms with van der Waals surface area (Å²) in [6, 6.07) is 17.9. The minimum atomic E-state index is -3.15. The third-order valence-electron chi connectivity index (χ3n) is 4.67. The van der Waals surface area contributed by atoms with E-state index in [1.165, 1.54) is 4.31 Å². The maximum Gasteiger partial charge on any atom is 0.235 e. The summed E-state index contributed by atoms with van der Waals surface area (Å²) in [4.78, 5) is 4.70. The first kappa shape index (κ1) is 16.8. The molecule has 2 aromatic carbocycles. The van der Waals surface area contributed by atoms with Gasteiger partial charge in [0.25, 0.3) is 0 Å². The van der Waals surface area contributed by atoms with Crippen LogP contribution in [0.15, 0.2) is 54.6 Å². The number of anilines is 2. The van der Waals surface area contributed by atoms with Crippen molar-refractivity contribution in [2.45, 2.75) is 19.9 Å². The fourth-order valence-corrected chi connectivity index (χ4v) is 4.89. The molecule has 1 fully saturated rings. The van der Waals surface area contributed by atoms with E-state index in [0.29, 0.717) is 19.5 Å². The second-order valence-electron chi connectivity index (χ2n) is 6.61. The topological polar surface area (TPSA) is 62.3 Å². The molecule has 134 valence electrons. The molecule has 1 saturated heterocycles. The van der Waals surface area contributed by atoms with E-state index in [4.69, 9.17) is 4.98 Å². The van der Waals surface area contributed by atoms with E-state index < -0.39 is 10.0 Å². The van der Waals surface area contributed by atoms with Crippen LogP contribution in [0.5, 0.6) is 0 Å². The van der Waals surface area contributed by atoms with E-state index in [9.17, 15) is 8.42 Å². The fraction of sp³-hybridized carbons (Fsp3) is 0.250. The Morgan fingerprint density at radius 1 is 1.12 bits per heavy atom. The van der Waals surface area contributed by atoms with E-state index in [1.807, 2.05) is 49.4 Å². The highest BCUT2D eigenvalue weighted by Gasteiger charge is 2.28. The molecule has 6 heteroatoms. The van der Waals surface area contributed by atoms with Gasteiger partial charge < -0.3 is 5.32 Å². The molecule has 0 amide bonds. The van der Waals surface area contributed by atoms with Crippen LogP contribution in [0.25, 0.3) is 10.9 Å². The number of aromatic nitrogens is 1. The summed E-state index contributed by atoms with van der Waals surface area (Å²) >= 11 is 0. The molecule has 1 aromatic heterocycles. The number of pyridine rings is 1. The van der Waals surface area contributed by atoms with Crippen molar-refractivity contribution in [3.05, 3.63) is 65.7 Å². The van der Waals surface area contributed by atoms with Gasteiger partial charge in [-0.05, 0) is 48.7 Å². The highest BCUT2D eigenvalue weighted by atomic mass is 32.2. The molecular formula is C20H21N3O2S. The van der Waals surface area contributed by atoms with E-state index >= 15 is 0 Å². The second kappa shape index (κ2) is 6.61. The van der Waals surface area contributed by atoms with Crippen LogP contribution in [0.1, 0.15) is 17.5 Å². The Hall–Kier alpha value is -2.60. The van der Waals surface area contributed by atoms with E-state index in [2.05, 4.69) is 17.4 Å². The maximum absolute atomic E-state index is 12.1. The van der Waals surface area contributed by atoms with Crippen LogP contribution in [-0.2, 0) is 16.6 Å². The monoisotopic (exact) mass is 367 g/mol. The van der Waals surface area contributed by atoms with Gasteiger partial charge in [-0.1, -0.05) is 30.3 Å². The molecule has 1 aliphatic rings. The van der Waals surface area contributed by atoms with Crippen molar-refractivity contribution in [1.29, 1.82) is 0 Å². The fourth-order valence-electron chi connectivity index (χ4n) is 3.34. The zero-order chi connectivity index (χ0) is 18.1. The van der Waals surface area contributed by atoms with Gasteiger partial charge in [0.1, 0.15) is 5.82 Å². The molecular weight excluding hydrogens is 346 g/mol. The summed E-state index contributed by atoms with van der Waals surface area (Å²) in [6.45, 7) is 3.19. The molecule has 0 unspecified atom stereocenters. The van der Waals surface area contributed by atoms with Crippen LogP contribution in [0, 0.1) is 6.92 Å². The number of rotatable bonds is 4. The minimum Gasteiger partial charge on any atom is -0.366 e. The summed E-state index contributed by atoms with van der Waals surface area (Å²) in [5, 5.41) is 4.50. The third-order valence-corrected chi connectivity index (χ3v) is 6.54. The number of hydrogen-bond acceptors (Lipinski definition) is 4. The number of fused-ring (bicyclic) bond motifs is 1.